The maximum absolute atomic E-state index is 13.6. The van der Waals surface area contributed by atoms with Crippen molar-refractivity contribution in [2.75, 3.05) is 25.1 Å². The Morgan fingerprint density at radius 1 is 0.914 bits per heavy atom. The number of aromatic nitrogens is 2. The van der Waals surface area contributed by atoms with Crippen molar-refractivity contribution in [1.82, 2.24) is 9.55 Å². The first-order valence-electron chi connectivity index (χ1n) is 11.0. The number of methoxy groups -OCH3 is 2. The van der Waals surface area contributed by atoms with Crippen molar-refractivity contribution < 1.29 is 17.9 Å². The van der Waals surface area contributed by atoms with Gasteiger partial charge in [0, 0.05) is 12.6 Å². The van der Waals surface area contributed by atoms with Crippen LogP contribution in [-0.2, 0) is 16.4 Å². The molecule has 0 fully saturated rings. The maximum Gasteiger partial charge on any atom is 0.333 e. The smallest absolute Gasteiger partial charge is 0.333 e. The summed E-state index contributed by atoms with van der Waals surface area (Å²) in [5.41, 5.74) is 0.716. The Morgan fingerprint density at radius 3 is 2.43 bits per heavy atom. The first kappa shape index (κ1) is 22.7. The molecule has 1 aromatic heterocycles. The normalized spacial score (nSPS) is 13.5. The largest absolute Gasteiger partial charge is 0.493 e. The molecule has 180 valence electrons. The van der Waals surface area contributed by atoms with Gasteiger partial charge >= 0.3 is 5.69 Å². The summed E-state index contributed by atoms with van der Waals surface area (Å²) in [5.74, 6) is 0.693. The van der Waals surface area contributed by atoms with E-state index in [9.17, 15) is 18.0 Å². The number of hydrogen-bond acceptors (Lipinski definition) is 6. The Labute approximate surface area is 201 Å². The van der Waals surface area contributed by atoms with Crippen LogP contribution < -0.4 is 25.0 Å². The van der Waals surface area contributed by atoms with Crippen molar-refractivity contribution in [2.24, 2.45) is 0 Å². The van der Waals surface area contributed by atoms with Crippen LogP contribution in [0.15, 0.2) is 75.1 Å². The Kier molecular flexibility index (Phi) is 5.60. The van der Waals surface area contributed by atoms with Crippen LogP contribution >= 0.6 is 0 Å². The van der Waals surface area contributed by atoms with Gasteiger partial charge < -0.3 is 14.5 Å². The van der Waals surface area contributed by atoms with Crippen LogP contribution in [0.1, 0.15) is 12.0 Å². The predicted octanol–water partition coefficient (Wildman–Crippen LogP) is 2.84. The molecule has 10 heteroatoms. The zero-order valence-electron chi connectivity index (χ0n) is 19.1. The molecule has 0 atom stereocenters. The van der Waals surface area contributed by atoms with Crippen molar-refractivity contribution in [3.8, 4) is 17.2 Å². The van der Waals surface area contributed by atoms with Crippen LogP contribution in [0, 0.1) is 0 Å². The van der Waals surface area contributed by atoms with Gasteiger partial charge in [-0.2, -0.15) is 0 Å². The molecule has 1 N–H and O–H groups in total. The van der Waals surface area contributed by atoms with E-state index in [4.69, 9.17) is 9.47 Å². The van der Waals surface area contributed by atoms with Gasteiger partial charge in [-0.1, -0.05) is 24.3 Å². The molecule has 4 aromatic rings. The molecule has 9 nitrogen and oxygen atoms in total. The van der Waals surface area contributed by atoms with Crippen LogP contribution in [0.4, 0.5) is 5.69 Å². The summed E-state index contributed by atoms with van der Waals surface area (Å²) in [6.07, 6.45) is 1.50. The number of nitrogens with one attached hydrogen (secondary N) is 1. The van der Waals surface area contributed by atoms with E-state index in [2.05, 4.69) is 4.98 Å². The third-order valence-corrected chi connectivity index (χ3v) is 7.94. The molecule has 5 rings (SSSR count). The van der Waals surface area contributed by atoms with Crippen molar-refractivity contribution in [3.05, 3.63) is 87.1 Å². The second kappa shape index (κ2) is 8.62. The summed E-state index contributed by atoms with van der Waals surface area (Å²) in [6, 6.07) is 16.2. The van der Waals surface area contributed by atoms with Crippen LogP contribution in [0.25, 0.3) is 16.6 Å². The standard InChI is InChI=1S/C25H23N3O6S/c1-33-22-14-19-20(15-23(22)34-2)26-25(30)28(24(19)29)17-9-5-10-18(13-17)35(31,32)27-12-6-8-16-7-3-4-11-21(16)27/h3-5,7,9-11,13-15H,6,8,12H2,1-2H3,(H,26,30). The SMILES string of the molecule is COc1cc2[nH]c(=O)n(-c3cccc(S(=O)(=O)N4CCCc5ccccc54)c3)c(=O)c2cc1OC. The van der Waals surface area contributed by atoms with Crippen molar-refractivity contribution in [1.29, 1.82) is 0 Å². The molecule has 1 aliphatic heterocycles. The molecule has 0 radical (unpaired) electrons. The highest BCUT2D eigenvalue weighted by molar-refractivity contribution is 7.92. The van der Waals surface area contributed by atoms with E-state index in [1.54, 1.807) is 12.1 Å². The van der Waals surface area contributed by atoms with Crippen LogP contribution in [0.5, 0.6) is 11.5 Å². The van der Waals surface area contributed by atoms with E-state index in [1.165, 1.54) is 54.9 Å². The number of aryl methyl sites for hydroxylation is 1. The number of sulfonamides is 1. The third kappa shape index (κ3) is 3.75. The van der Waals surface area contributed by atoms with E-state index >= 15 is 0 Å². The summed E-state index contributed by atoms with van der Waals surface area (Å²) in [6.45, 7) is 0.349. The molecule has 0 spiro atoms. The van der Waals surface area contributed by atoms with Gasteiger partial charge in [0.1, 0.15) is 0 Å². The van der Waals surface area contributed by atoms with E-state index in [1.807, 2.05) is 12.1 Å². The lowest BCUT2D eigenvalue weighted by molar-refractivity contribution is 0.355. The molecule has 35 heavy (non-hydrogen) atoms. The molecule has 0 bridgehead atoms. The monoisotopic (exact) mass is 493 g/mol. The zero-order chi connectivity index (χ0) is 24.7. The number of para-hydroxylation sites is 1. The Balaban J connectivity index is 1.65. The van der Waals surface area contributed by atoms with Gasteiger partial charge in [0.15, 0.2) is 11.5 Å². The van der Waals surface area contributed by atoms with Crippen molar-refractivity contribution >= 4 is 26.6 Å². The van der Waals surface area contributed by atoms with Crippen molar-refractivity contribution in [3.63, 3.8) is 0 Å². The molecule has 0 saturated carbocycles. The second-order valence-corrected chi connectivity index (χ2v) is 9.99. The molecular formula is C25H23N3O6S. The first-order valence-corrected chi connectivity index (χ1v) is 12.4. The van der Waals surface area contributed by atoms with Gasteiger partial charge in [0.05, 0.1) is 41.4 Å². The van der Waals surface area contributed by atoms with Crippen molar-refractivity contribution in [2.45, 2.75) is 17.7 Å². The number of nitrogens with zero attached hydrogens (tertiary/aromatic N) is 2. The highest BCUT2D eigenvalue weighted by Gasteiger charge is 2.29. The average Bonchev–Trinajstić information content (AvgIpc) is 2.87. The van der Waals surface area contributed by atoms with Gasteiger partial charge in [0.25, 0.3) is 15.6 Å². The summed E-state index contributed by atoms with van der Waals surface area (Å²) in [7, 11) is -1.03. The minimum Gasteiger partial charge on any atom is -0.493 e. The number of fused-ring (bicyclic) bond motifs is 2. The fourth-order valence-corrected chi connectivity index (χ4v) is 6.02. The van der Waals surface area contributed by atoms with E-state index in [0.717, 1.165) is 16.6 Å². The molecule has 0 unspecified atom stereocenters. The lowest BCUT2D eigenvalue weighted by Gasteiger charge is -2.30. The van der Waals surface area contributed by atoms with Gasteiger partial charge in [-0.25, -0.2) is 17.8 Å². The fraction of sp³-hybridized carbons (Fsp3) is 0.200. The quantitative estimate of drug-likeness (QED) is 0.458. The van der Waals surface area contributed by atoms with Crippen LogP contribution in [0.2, 0.25) is 0 Å². The van der Waals surface area contributed by atoms with E-state index in [0.29, 0.717) is 30.2 Å². The highest BCUT2D eigenvalue weighted by atomic mass is 32.2. The number of anilines is 1. The predicted molar refractivity (Wildman–Crippen MR) is 133 cm³/mol. The number of H-pyrrole nitrogens is 1. The Bertz CT molecular complexity index is 1670. The van der Waals surface area contributed by atoms with E-state index < -0.39 is 21.3 Å². The number of benzene rings is 3. The summed E-state index contributed by atoms with van der Waals surface area (Å²) in [4.78, 5) is 28.9. The molecular weight excluding hydrogens is 470 g/mol. The highest BCUT2D eigenvalue weighted by Crippen LogP contribution is 2.32. The molecule has 0 saturated heterocycles. The topological polar surface area (TPSA) is 111 Å². The van der Waals surface area contributed by atoms with E-state index in [-0.39, 0.29) is 21.5 Å². The molecule has 1 aliphatic rings. The van der Waals surface area contributed by atoms with Crippen LogP contribution in [-0.4, -0.2) is 38.7 Å². The van der Waals surface area contributed by atoms with Gasteiger partial charge in [0.2, 0.25) is 0 Å². The van der Waals surface area contributed by atoms with Gasteiger partial charge in [-0.05, 0) is 48.7 Å². The number of hydrogen-bond donors (Lipinski definition) is 1. The summed E-state index contributed by atoms with van der Waals surface area (Å²) >= 11 is 0. The number of aromatic amines is 1. The third-order valence-electron chi connectivity index (χ3n) is 6.13. The van der Waals surface area contributed by atoms with Crippen LogP contribution in [0.3, 0.4) is 0 Å². The first-order chi connectivity index (χ1) is 16.8. The summed E-state index contributed by atoms with van der Waals surface area (Å²) in [5, 5.41) is 0.195. The minimum atomic E-state index is -3.92. The Hall–Kier alpha value is -4.05. The fourth-order valence-electron chi connectivity index (χ4n) is 4.44. The maximum atomic E-state index is 13.6. The molecule has 3 aromatic carbocycles. The molecule has 2 heterocycles. The second-order valence-electron chi connectivity index (χ2n) is 8.13. The molecule has 0 aliphatic carbocycles. The van der Waals surface area contributed by atoms with Gasteiger partial charge in [-0.15, -0.1) is 0 Å². The molecule has 0 amide bonds. The summed E-state index contributed by atoms with van der Waals surface area (Å²) < 4.78 is 40.0. The average molecular weight is 494 g/mol. The minimum absolute atomic E-state index is 0.00888. The Morgan fingerprint density at radius 2 is 1.66 bits per heavy atom. The van der Waals surface area contributed by atoms with Gasteiger partial charge in [-0.3, -0.25) is 9.10 Å². The lowest BCUT2D eigenvalue weighted by Crippen LogP contribution is -2.36. The lowest BCUT2D eigenvalue weighted by atomic mass is 10.0. The zero-order valence-corrected chi connectivity index (χ0v) is 20.0. The number of rotatable bonds is 5. The number of ether oxygens (including phenoxy) is 2.